The van der Waals surface area contributed by atoms with E-state index in [2.05, 4.69) is 10.3 Å². The zero-order chi connectivity index (χ0) is 25.3. The molecule has 0 saturated carbocycles. The molecule has 2 aromatic carbocycles. The number of carbonyl (C=O) groups is 2. The standard InChI is InChI=1S/C21H18F3N3O6S2/c1-11-2-3-12(35(30,31)27-4-6-32-7-5-27)8-13(11)20(29)33-10-16(28)25-21-26-19-15(34-21)9-14(22)17(23)18(19)24/h2-3,8-9H,4-7,10H2,1H3,(H,25,26,28). The van der Waals surface area contributed by atoms with Crippen molar-refractivity contribution in [2.24, 2.45) is 0 Å². The fourth-order valence-corrected chi connectivity index (χ4v) is 5.65. The summed E-state index contributed by atoms with van der Waals surface area (Å²) in [6.45, 7) is 1.71. The lowest BCUT2D eigenvalue weighted by atomic mass is 10.1. The molecule has 0 radical (unpaired) electrons. The van der Waals surface area contributed by atoms with Gasteiger partial charge in [-0.25, -0.2) is 31.4 Å². The summed E-state index contributed by atoms with van der Waals surface area (Å²) in [5.41, 5.74) is -0.0581. The average molecular weight is 530 g/mol. The van der Waals surface area contributed by atoms with E-state index >= 15 is 0 Å². The normalized spacial score (nSPS) is 14.7. The first-order chi connectivity index (χ1) is 16.6. The summed E-state index contributed by atoms with van der Waals surface area (Å²) in [7, 11) is -3.85. The van der Waals surface area contributed by atoms with Crippen LogP contribution in [0.5, 0.6) is 0 Å². The van der Waals surface area contributed by atoms with Crippen LogP contribution < -0.4 is 5.32 Å². The molecule has 14 heteroatoms. The zero-order valence-corrected chi connectivity index (χ0v) is 19.8. The fraction of sp³-hybridized carbons (Fsp3) is 0.286. The second kappa shape index (κ2) is 9.89. The van der Waals surface area contributed by atoms with Gasteiger partial charge in [-0.15, -0.1) is 0 Å². The summed E-state index contributed by atoms with van der Waals surface area (Å²) >= 11 is 0.703. The SMILES string of the molecule is Cc1ccc(S(=O)(=O)N2CCOCC2)cc1C(=O)OCC(=O)Nc1nc2c(F)c(F)c(F)cc2s1. The number of halogens is 3. The molecule has 4 rings (SSSR count). The van der Waals surface area contributed by atoms with Gasteiger partial charge in [-0.1, -0.05) is 17.4 Å². The molecule has 3 aromatic rings. The van der Waals surface area contributed by atoms with Crippen LogP contribution in [-0.4, -0.2) is 62.5 Å². The maximum Gasteiger partial charge on any atom is 0.338 e. The highest BCUT2D eigenvalue weighted by Gasteiger charge is 2.28. The molecule has 2 heterocycles. The van der Waals surface area contributed by atoms with Crippen LogP contribution in [0.4, 0.5) is 18.3 Å². The molecule has 0 atom stereocenters. The number of carbonyl (C=O) groups excluding carboxylic acids is 2. The number of morpholine rings is 1. The number of anilines is 1. The fourth-order valence-electron chi connectivity index (χ4n) is 3.31. The average Bonchev–Trinajstić information content (AvgIpc) is 3.24. The molecule has 1 saturated heterocycles. The van der Waals surface area contributed by atoms with Gasteiger partial charge in [0.25, 0.3) is 5.91 Å². The van der Waals surface area contributed by atoms with Gasteiger partial charge < -0.3 is 9.47 Å². The summed E-state index contributed by atoms with van der Waals surface area (Å²) in [6.07, 6.45) is 0. The monoisotopic (exact) mass is 529 g/mol. The Morgan fingerprint density at radius 2 is 1.89 bits per heavy atom. The van der Waals surface area contributed by atoms with E-state index in [1.54, 1.807) is 6.92 Å². The predicted molar refractivity (Wildman–Crippen MR) is 119 cm³/mol. The van der Waals surface area contributed by atoms with E-state index < -0.39 is 51.5 Å². The Hall–Kier alpha value is -3.07. The maximum absolute atomic E-state index is 13.8. The number of nitrogens with one attached hydrogen (secondary N) is 1. The van der Waals surface area contributed by atoms with Crippen LogP contribution >= 0.6 is 11.3 Å². The van der Waals surface area contributed by atoms with Gasteiger partial charge in [0.15, 0.2) is 29.2 Å². The molecule has 1 aliphatic rings. The van der Waals surface area contributed by atoms with Gasteiger partial charge in [0.1, 0.15) is 5.52 Å². The van der Waals surface area contributed by atoms with Crippen molar-refractivity contribution in [1.82, 2.24) is 9.29 Å². The molecule has 1 aromatic heterocycles. The van der Waals surface area contributed by atoms with E-state index in [9.17, 15) is 31.2 Å². The number of benzene rings is 2. The Bertz CT molecular complexity index is 1420. The topological polar surface area (TPSA) is 115 Å². The van der Waals surface area contributed by atoms with Crippen LogP contribution in [0.15, 0.2) is 29.2 Å². The molecule has 1 aliphatic heterocycles. The number of nitrogens with zero attached hydrogens (tertiary/aromatic N) is 2. The summed E-state index contributed by atoms with van der Waals surface area (Å²) in [5, 5.41) is 2.11. The number of thiazole rings is 1. The molecule has 1 N–H and O–H groups in total. The molecule has 0 spiro atoms. The Morgan fingerprint density at radius 3 is 2.60 bits per heavy atom. The van der Waals surface area contributed by atoms with E-state index in [1.165, 1.54) is 22.5 Å². The quantitative estimate of drug-likeness (QED) is 0.386. The summed E-state index contributed by atoms with van der Waals surface area (Å²) in [6, 6.07) is 4.76. The molecular weight excluding hydrogens is 511 g/mol. The van der Waals surface area contributed by atoms with Gasteiger partial charge in [0.2, 0.25) is 10.0 Å². The molecule has 35 heavy (non-hydrogen) atoms. The summed E-state index contributed by atoms with van der Waals surface area (Å²) in [4.78, 5) is 28.4. The first-order valence-electron chi connectivity index (χ1n) is 10.2. The van der Waals surface area contributed by atoms with E-state index in [4.69, 9.17) is 9.47 Å². The molecule has 186 valence electrons. The van der Waals surface area contributed by atoms with E-state index in [0.717, 1.165) is 6.07 Å². The molecule has 1 amide bonds. The molecule has 0 bridgehead atoms. The van der Waals surface area contributed by atoms with Crippen molar-refractivity contribution >= 4 is 48.6 Å². The third-order valence-electron chi connectivity index (χ3n) is 5.14. The van der Waals surface area contributed by atoms with Crippen LogP contribution in [0.3, 0.4) is 0 Å². The van der Waals surface area contributed by atoms with Gasteiger partial charge in [-0.2, -0.15) is 4.31 Å². The van der Waals surface area contributed by atoms with Gasteiger partial charge in [0.05, 0.1) is 28.4 Å². The number of ether oxygens (including phenoxy) is 2. The minimum Gasteiger partial charge on any atom is -0.452 e. The third kappa shape index (κ3) is 5.15. The highest BCUT2D eigenvalue weighted by atomic mass is 32.2. The molecule has 9 nitrogen and oxygen atoms in total. The minimum atomic E-state index is -3.85. The minimum absolute atomic E-state index is 0.0254. The number of aryl methyl sites for hydroxylation is 1. The van der Waals surface area contributed by atoms with Gasteiger partial charge in [0, 0.05) is 13.1 Å². The van der Waals surface area contributed by atoms with Crippen molar-refractivity contribution in [3.8, 4) is 0 Å². The third-order valence-corrected chi connectivity index (χ3v) is 7.95. The van der Waals surface area contributed by atoms with Gasteiger partial charge >= 0.3 is 5.97 Å². The second-order valence-electron chi connectivity index (χ2n) is 7.47. The van der Waals surface area contributed by atoms with Gasteiger partial charge in [-0.3, -0.25) is 10.1 Å². The first kappa shape index (κ1) is 25.0. The second-order valence-corrected chi connectivity index (χ2v) is 10.4. The maximum atomic E-state index is 13.8. The largest absolute Gasteiger partial charge is 0.452 e. The van der Waals surface area contributed by atoms with Crippen molar-refractivity contribution in [2.75, 3.05) is 38.2 Å². The summed E-state index contributed by atoms with van der Waals surface area (Å²) in [5.74, 6) is -6.32. The van der Waals surface area contributed by atoms with Crippen molar-refractivity contribution in [3.05, 3.63) is 52.8 Å². The highest BCUT2D eigenvalue weighted by molar-refractivity contribution is 7.89. The highest BCUT2D eigenvalue weighted by Crippen LogP contribution is 2.30. The van der Waals surface area contributed by atoms with Crippen molar-refractivity contribution in [2.45, 2.75) is 11.8 Å². The van der Waals surface area contributed by atoms with Crippen LogP contribution in [0.1, 0.15) is 15.9 Å². The first-order valence-corrected chi connectivity index (χ1v) is 12.4. The number of rotatable bonds is 6. The van der Waals surface area contributed by atoms with E-state index in [0.29, 0.717) is 16.9 Å². The zero-order valence-electron chi connectivity index (χ0n) is 18.1. The Kier molecular flexibility index (Phi) is 7.07. The predicted octanol–water partition coefficient (Wildman–Crippen LogP) is 2.84. The summed E-state index contributed by atoms with van der Waals surface area (Å²) < 4.78 is 77.7. The molecule has 1 fully saturated rings. The van der Waals surface area contributed by atoms with Crippen molar-refractivity contribution in [3.63, 3.8) is 0 Å². The lowest BCUT2D eigenvalue weighted by Gasteiger charge is -2.26. The number of amides is 1. The van der Waals surface area contributed by atoms with E-state index in [1.807, 2.05) is 0 Å². The smallest absolute Gasteiger partial charge is 0.338 e. The number of esters is 1. The lowest BCUT2D eigenvalue weighted by molar-refractivity contribution is -0.119. The number of hydrogen-bond donors (Lipinski definition) is 1. The number of fused-ring (bicyclic) bond motifs is 1. The van der Waals surface area contributed by atoms with Crippen molar-refractivity contribution in [1.29, 1.82) is 0 Å². The number of hydrogen-bond acceptors (Lipinski definition) is 8. The van der Waals surface area contributed by atoms with E-state index in [-0.39, 0.29) is 46.6 Å². The number of sulfonamides is 1. The van der Waals surface area contributed by atoms with Crippen LogP contribution in [-0.2, 0) is 24.3 Å². The molecular formula is C21H18F3N3O6S2. The van der Waals surface area contributed by atoms with Crippen LogP contribution in [0, 0.1) is 24.4 Å². The van der Waals surface area contributed by atoms with Crippen molar-refractivity contribution < 1.29 is 40.7 Å². The Balaban J connectivity index is 1.44. The number of aromatic nitrogens is 1. The van der Waals surface area contributed by atoms with Gasteiger partial charge in [-0.05, 0) is 30.7 Å². The lowest BCUT2D eigenvalue weighted by Crippen LogP contribution is -2.40. The van der Waals surface area contributed by atoms with Crippen LogP contribution in [0.25, 0.3) is 10.2 Å². The molecule has 0 aliphatic carbocycles. The molecule has 0 unspecified atom stereocenters. The Labute approximate surface area is 201 Å². The van der Waals surface area contributed by atoms with Crippen LogP contribution in [0.2, 0.25) is 0 Å². The Morgan fingerprint density at radius 1 is 1.17 bits per heavy atom.